The van der Waals surface area contributed by atoms with Crippen LogP contribution in [0.15, 0.2) is 41.0 Å². The van der Waals surface area contributed by atoms with Crippen LogP contribution >= 0.6 is 0 Å². The highest BCUT2D eigenvalue weighted by Gasteiger charge is 2.47. The largest absolute Gasteiger partial charge is 0.508 e. The Morgan fingerprint density at radius 1 is 1.38 bits per heavy atom. The molecule has 0 bridgehead atoms. The van der Waals surface area contributed by atoms with Crippen molar-refractivity contribution < 1.29 is 18.3 Å². The minimum Gasteiger partial charge on any atom is -0.508 e. The fourth-order valence-corrected chi connectivity index (χ4v) is 6.07. The first-order valence-electron chi connectivity index (χ1n) is 9.36. The van der Waals surface area contributed by atoms with Gasteiger partial charge in [0.25, 0.3) is 0 Å². The van der Waals surface area contributed by atoms with Crippen molar-refractivity contribution >= 4 is 15.9 Å². The Kier molecular flexibility index (Phi) is 5.58. The fraction of sp³-hybridized carbons (Fsp3) is 0.524. The Labute approximate surface area is 156 Å². The van der Waals surface area contributed by atoms with Gasteiger partial charge in [-0.15, -0.1) is 0 Å². The van der Waals surface area contributed by atoms with E-state index in [1.54, 1.807) is 12.1 Å². The molecule has 1 fully saturated rings. The molecule has 4 nitrogen and oxygen atoms in total. The van der Waals surface area contributed by atoms with Gasteiger partial charge in [0.05, 0.1) is 18.5 Å². The zero-order chi connectivity index (χ0) is 18.9. The molecule has 0 aromatic heterocycles. The van der Waals surface area contributed by atoms with Gasteiger partial charge in [-0.05, 0) is 54.0 Å². The van der Waals surface area contributed by atoms with Gasteiger partial charge in [-0.2, -0.15) is 0 Å². The zero-order valence-electron chi connectivity index (χ0n) is 15.7. The third-order valence-electron chi connectivity index (χ3n) is 5.42. The molecule has 0 amide bonds. The van der Waals surface area contributed by atoms with Gasteiger partial charge in [0.15, 0.2) is 9.84 Å². The van der Waals surface area contributed by atoms with Crippen LogP contribution in [0.5, 0.6) is 5.75 Å². The van der Waals surface area contributed by atoms with Crippen LogP contribution in [0.4, 0.5) is 0 Å². The molecule has 142 valence electrons. The van der Waals surface area contributed by atoms with Crippen LogP contribution in [-0.4, -0.2) is 37.2 Å². The lowest BCUT2D eigenvalue weighted by molar-refractivity contribution is 0.117. The van der Waals surface area contributed by atoms with Gasteiger partial charge < -0.3 is 9.84 Å². The van der Waals surface area contributed by atoms with E-state index in [0.29, 0.717) is 6.61 Å². The predicted molar refractivity (Wildman–Crippen MR) is 105 cm³/mol. The number of fused-ring (bicyclic) bond motifs is 1. The molecule has 2 aliphatic rings. The molecular formula is C21H28O4S. The summed E-state index contributed by atoms with van der Waals surface area (Å²) in [6.07, 6.45) is 4.60. The van der Waals surface area contributed by atoms with Gasteiger partial charge in [-0.1, -0.05) is 44.6 Å². The number of sulfone groups is 1. The molecule has 2 aliphatic heterocycles. The monoisotopic (exact) mass is 376 g/mol. The fourth-order valence-electron chi connectivity index (χ4n) is 3.96. The summed E-state index contributed by atoms with van der Waals surface area (Å²) >= 11 is 0. The number of phenols is 1. The molecule has 0 saturated carbocycles. The van der Waals surface area contributed by atoms with Crippen LogP contribution < -0.4 is 0 Å². The van der Waals surface area contributed by atoms with Gasteiger partial charge in [0.2, 0.25) is 0 Å². The van der Waals surface area contributed by atoms with Crippen LogP contribution in [0.3, 0.4) is 0 Å². The summed E-state index contributed by atoms with van der Waals surface area (Å²) in [7, 11) is -3.09. The molecule has 1 saturated heterocycles. The number of benzene rings is 1. The molecular weight excluding hydrogens is 348 g/mol. The maximum Gasteiger partial charge on any atom is 0.163 e. The highest BCUT2D eigenvalue weighted by molar-refractivity contribution is 7.92. The van der Waals surface area contributed by atoms with Crippen molar-refractivity contribution in [1.82, 2.24) is 0 Å². The zero-order valence-corrected chi connectivity index (χ0v) is 16.6. The number of aromatic hydroxyl groups is 1. The average molecular weight is 377 g/mol. The van der Waals surface area contributed by atoms with Crippen LogP contribution in [-0.2, 0) is 14.6 Å². The maximum atomic E-state index is 12.4. The first-order valence-corrected chi connectivity index (χ1v) is 11.1. The Morgan fingerprint density at radius 3 is 2.81 bits per heavy atom. The standard InChI is InChI=1S/C21H28O4S/c1-4-15(10-16-6-5-7-17(22)11-16)8-9-19-21-18(14(2)3)13-26(23,24)20(21)12-25-19/h5-7,10-11,14,19-20,22H,4,8-9,12-13H2,1-3H3/b15-10+/t19-,20+/m1/s1. The second kappa shape index (κ2) is 7.57. The maximum absolute atomic E-state index is 12.4. The predicted octanol–water partition coefficient (Wildman–Crippen LogP) is 4.11. The van der Waals surface area contributed by atoms with E-state index in [0.717, 1.165) is 36.0 Å². The van der Waals surface area contributed by atoms with Crippen LogP contribution in [0.25, 0.3) is 6.08 Å². The van der Waals surface area contributed by atoms with Gasteiger partial charge in [0, 0.05) is 0 Å². The number of allylic oxidation sites excluding steroid dienone is 1. The van der Waals surface area contributed by atoms with Gasteiger partial charge in [0.1, 0.15) is 11.0 Å². The quantitative estimate of drug-likeness (QED) is 0.759. The van der Waals surface area contributed by atoms with Crippen molar-refractivity contribution in [3.8, 4) is 5.75 Å². The van der Waals surface area contributed by atoms with E-state index in [1.807, 2.05) is 12.1 Å². The summed E-state index contributed by atoms with van der Waals surface area (Å²) in [4.78, 5) is 0. The molecule has 3 rings (SSSR count). The molecule has 0 aliphatic carbocycles. The second-order valence-corrected chi connectivity index (χ2v) is 9.73. The van der Waals surface area contributed by atoms with E-state index >= 15 is 0 Å². The lowest BCUT2D eigenvalue weighted by Gasteiger charge is -2.16. The van der Waals surface area contributed by atoms with Crippen molar-refractivity contribution in [2.24, 2.45) is 5.92 Å². The normalized spacial score (nSPS) is 25.2. The summed E-state index contributed by atoms with van der Waals surface area (Å²) in [6, 6.07) is 7.22. The van der Waals surface area contributed by atoms with Crippen molar-refractivity contribution in [2.45, 2.75) is 51.4 Å². The van der Waals surface area contributed by atoms with Crippen LogP contribution in [0, 0.1) is 5.92 Å². The van der Waals surface area contributed by atoms with Crippen molar-refractivity contribution in [3.63, 3.8) is 0 Å². The number of phenolic OH excluding ortho intramolecular Hbond substituents is 1. The minimum atomic E-state index is -3.09. The summed E-state index contributed by atoms with van der Waals surface area (Å²) in [5.41, 5.74) is 4.35. The van der Waals surface area contributed by atoms with Gasteiger partial charge in [-0.3, -0.25) is 0 Å². The summed E-state index contributed by atoms with van der Waals surface area (Å²) in [6.45, 7) is 6.55. The molecule has 0 radical (unpaired) electrons. The smallest absolute Gasteiger partial charge is 0.163 e. The average Bonchev–Trinajstić information content (AvgIpc) is 3.11. The third-order valence-corrected chi connectivity index (χ3v) is 7.39. The molecule has 1 aromatic carbocycles. The van der Waals surface area contributed by atoms with Crippen LogP contribution in [0.2, 0.25) is 0 Å². The second-order valence-electron chi connectivity index (χ2n) is 7.54. The lowest BCUT2D eigenvalue weighted by atomic mass is 9.91. The third kappa shape index (κ3) is 3.89. The van der Waals surface area contributed by atoms with Crippen molar-refractivity contribution in [3.05, 3.63) is 46.5 Å². The summed E-state index contributed by atoms with van der Waals surface area (Å²) in [5.74, 6) is 0.700. The Bertz CT molecular complexity index is 833. The molecule has 26 heavy (non-hydrogen) atoms. The molecule has 5 heteroatoms. The topological polar surface area (TPSA) is 63.6 Å². The molecule has 0 spiro atoms. The molecule has 2 heterocycles. The Balaban J connectivity index is 1.75. The summed E-state index contributed by atoms with van der Waals surface area (Å²) < 4.78 is 30.7. The minimum absolute atomic E-state index is 0.0891. The molecule has 1 aromatic rings. The van der Waals surface area contributed by atoms with E-state index in [4.69, 9.17) is 4.74 Å². The summed E-state index contributed by atoms with van der Waals surface area (Å²) in [5, 5.41) is 9.20. The lowest BCUT2D eigenvalue weighted by Crippen LogP contribution is -2.19. The van der Waals surface area contributed by atoms with E-state index in [1.165, 1.54) is 5.57 Å². The van der Waals surface area contributed by atoms with E-state index in [-0.39, 0.29) is 23.5 Å². The van der Waals surface area contributed by atoms with Crippen LogP contribution in [0.1, 0.15) is 45.6 Å². The number of hydrogen-bond donors (Lipinski definition) is 1. The van der Waals surface area contributed by atoms with E-state index in [2.05, 4.69) is 26.8 Å². The van der Waals surface area contributed by atoms with Crippen molar-refractivity contribution in [1.29, 1.82) is 0 Å². The number of rotatable bonds is 6. The first-order chi connectivity index (χ1) is 12.3. The van der Waals surface area contributed by atoms with Crippen molar-refractivity contribution in [2.75, 3.05) is 12.4 Å². The molecule has 2 atom stereocenters. The molecule has 1 N–H and O–H groups in total. The SMILES string of the molecule is CC/C(=C\c1cccc(O)c1)CC[C@H]1OC[C@H]2C1=C(C(C)C)CS2(=O)=O. The highest BCUT2D eigenvalue weighted by atomic mass is 32.2. The van der Waals surface area contributed by atoms with Gasteiger partial charge >= 0.3 is 0 Å². The van der Waals surface area contributed by atoms with E-state index in [9.17, 15) is 13.5 Å². The van der Waals surface area contributed by atoms with Gasteiger partial charge in [-0.25, -0.2) is 8.42 Å². The van der Waals surface area contributed by atoms with E-state index < -0.39 is 15.1 Å². The Hall–Kier alpha value is -1.59. The number of ether oxygens (including phenoxy) is 1. The highest BCUT2D eigenvalue weighted by Crippen LogP contribution is 2.41. The first kappa shape index (κ1) is 19.2. The molecule has 0 unspecified atom stereocenters. The Morgan fingerprint density at radius 2 is 2.15 bits per heavy atom. The number of hydrogen-bond acceptors (Lipinski definition) is 4.